The average Bonchev–Trinajstić information content (AvgIpc) is 3.43. The fourth-order valence-electron chi connectivity index (χ4n) is 4.03. The SMILES string of the molecule is Cc1ccc(-c2nn(-c3ccccc3)cc2C=NNC(=O)C(=O)Nc2ccccc2C(=O)Nc2ccccc2)cc1. The zero-order chi connectivity index (χ0) is 28.6. The minimum absolute atomic E-state index is 0.191. The van der Waals surface area contributed by atoms with Crippen LogP contribution in [0.25, 0.3) is 16.9 Å². The molecule has 0 unspecified atom stereocenters. The first kappa shape index (κ1) is 26.8. The van der Waals surface area contributed by atoms with Crippen molar-refractivity contribution in [3.63, 3.8) is 0 Å². The molecule has 202 valence electrons. The number of rotatable bonds is 7. The lowest BCUT2D eigenvalue weighted by Gasteiger charge is -2.11. The first-order valence-electron chi connectivity index (χ1n) is 12.8. The Morgan fingerprint density at radius 2 is 1.41 bits per heavy atom. The second-order valence-electron chi connectivity index (χ2n) is 9.10. The smallest absolute Gasteiger partial charge is 0.322 e. The summed E-state index contributed by atoms with van der Waals surface area (Å²) in [5, 5.41) is 14.0. The summed E-state index contributed by atoms with van der Waals surface area (Å²) < 4.78 is 1.72. The van der Waals surface area contributed by atoms with Gasteiger partial charge in [-0.05, 0) is 43.3 Å². The number of para-hydroxylation sites is 3. The summed E-state index contributed by atoms with van der Waals surface area (Å²) in [5.41, 5.74) is 7.41. The number of aromatic nitrogens is 2. The van der Waals surface area contributed by atoms with Gasteiger partial charge in [-0.15, -0.1) is 0 Å². The van der Waals surface area contributed by atoms with Gasteiger partial charge in [0.15, 0.2) is 0 Å². The first-order chi connectivity index (χ1) is 20.0. The second-order valence-corrected chi connectivity index (χ2v) is 9.10. The highest BCUT2D eigenvalue weighted by Gasteiger charge is 2.18. The third-order valence-electron chi connectivity index (χ3n) is 6.12. The first-order valence-corrected chi connectivity index (χ1v) is 12.8. The van der Waals surface area contributed by atoms with E-state index >= 15 is 0 Å². The standard InChI is InChI=1S/C32H26N6O3/c1-22-16-18-23(19-17-22)29-24(21-38(37-29)26-12-6-3-7-13-26)20-33-36-32(41)31(40)35-28-15-9-8-14-27(28)30(39)34-25-10-4-2-5-11-25/h2-21H,1H3,(H,34,39)(H,35,40)(H,36,41). The molecule has 41 heavy (non-hydrogen) atoms. The summed E-state index contributed by atoms with van der Waals surface area (Å²) in [7, 11) is 0. The zero-order valence-electron chi connectivity index (χ0n) is 22.1. The Kier molecular flexibility index (Phi) is 8.06. The van der Waals surface area contributed by atoms with E-state index in [1.807, 2.05) is 67.6 Å². The number of carbonyl (C=O) groups is 3. The number of nitrogens with zero attached hydrogens (tertiary/aromatic N) is 3. The number of anilines is 2. The van der Waals surface area contributed by atoms with Gasteiger partial charge in [0.25, 0.3) is 5.91 Å². The van der Waals surface area contributed by atoms with Gasteiger partial charge in [-0.1, -0.05) is 78.4 Å². The molecule has 3 amide bonds. The van der Waals surface area contributed by atoms with E-state index in [-0.39, 0.29) is 11.3 Å². The van der Waals surface area contributed by atoms with Gasteiger partial charge in [0.05, 0.1) is 23.2 Å². The van der Waals surface area contributed by atoms with Crippen molar-refractivity contribution >= 4 is 35.3 Å². The van der Waals surface area contributed by atoms with Gasteiger partial charge in [-0.3, -0.25) is 14.4 Å². The molecule has 0 aliphatic rings. The van der Waals surface area contributed by atoms with Crippen LogP contribution >= 0.6 is 0 Å². The van der Waals surface area contributed by atoms with Gasteiger partial charge in [0.2, 0.25) is 0 Å². The van der Waals surface area contributed by atoms with E-state index in [9.17, 15) is 14.4 Å². The van der Waals surface area contributed by atoms with E-state index in [1.165, 1.54) is 6.21 Å². The number of aryl methyl sites for hydroxylation is 1. The lowest BCUT2D eigenvalue weighted by atomic mass is 10.1. The molecule has 0 aliphatic carbocycles. The van der Waals surface area contributed by atoms with Crippen LogP contribution in [-0.4, -0.2) is 33.7 Å². The number of hydrogen-bond acceptors (Lipinski definition) is 5. The third kappa shape index (κ3) is 6.61. The van der Waals surface area contributed by atoms with Crippen LogP contribution in [-0.2, 0) is 9.59 Å². The lowest BCUT2D eigenvalue weighted by molar-refractivity contribution is -0.136. The van der Waals surface area contributed by atoms with Crippen LogP contribution in [0.4, 0.5) is 11.4 Å². The number of carbonyl (C=O) groups excluding carboxylic acids is 3. The molecule has 9 heteroatoms. The van der Waals surface area contributed by atoms with Gasteiger partial charge in [-0.2, -0.15) is 10.2 Å². The molecule has 0 atom stereocenters. The van der Waals surface area contributed by atoms with Crippen LogP contribution in [0.3, 0.4) is 0 Å². The monoisotopic (exact) mass is 542 g/mol. The maximum absolute atomic E-state index is 12.8. The summed E-state index contributed by atoms with van der Waals surface area (Å²) >= 11 is 0. The molecule has 0 saturated carbocycles. The molecule has 5 aromatic rings. The van der Waals surface area contributed by atoms with Crippen LogP contribution in [0.5, 0.6) is 0 Å². The van der Waals surface area contributed by atoms with Gasteiger partial charge in [-0.25, -0.2) is 10.1 Å². The van der Waals surface area contributed by atoms with Crippen LogP contribution < -0.4 is 16.1 Å². The van der Waals surface area contributed by atoms with Crippen molar-refractivity contribution in [2.75, 3.05) is 10.6 Å². The van der Waals surface area contributed by atoms with Gasteiger partial charge >= 0.3 is 11.8 Å². The van der Waals surface area contributed by atoms with Gasteiger partial charge < -0.3 is 10.6 Å². The zero-order valence-corrected chi connectivity index (χ0v) is 22.1. The summed E-state index contributed by atoms with van der Waals surface area (Å²) in [6.07, 6.45) is 3.23. The van der Waals surface area contributed by atoms with E-state index < -0.39 is 17.7 Å². The van der Waals surface area contributed by atoms with Crippen molar-refractivity contribution in [2.45, 2.75) is 6.92 Å². The molecule has 1 heterocycles. The fraction of sp³-hybridized carbons (Fsp3) is 0.0312. The highest BCUT2D eigenvalue weighted by Crippen LogP contribution is 2.23. The normalized spacial score (nSPS) is 10.8. The van der Waals surface area contributed by atoms with Crippen molar-refractivity contribution in [1.82, 2.24) is 15.2 Å². The average molecular weight is 543 g/mol. The predicted octanol–water partition coefficient (Wildman–Crippen LogP) is 5.19. The van der Waals surface area contributed by atoms with Crippen LogP contribution in [0.15, 0.2) is 120 Å². The Balaban J connectivity index is 1.30. The second kappa shape index (κ2) is 12.4. The number of nitrogens with one attached hydrogen (secondary N) is 3. The topological polar surface area (TPSA) is 117 Å². The quantitative estimate of drug-likeness (QED) is 0.149. The molecule has 5 rings (SSSR count). The molecule has 0 aliphatic heterocycles. The maximum Gasteiger partial charge on any atom is 0.329 e. The summed E-state index contributed by atoms with van der Waals surface area (Å²) in [5.74, 6) is -2.39. The fourth-order valence-corrected chi connectivity index (χ4v) is 4.03. The molecular formula is C32H26N6O3. The summed E-state index contributed by atoms with van der Waals surface area (Å²) in [4.78, 5) is 38.0. The van der Waals surface area contributed by atoms with Crippen molar-refractivity contribution in [3.8, 4) is 16.9 Å². The largest absolute Gasteiger partial charge is 0.329 e. The van der Waals surface area contributed by atoms with Crippen molar-refractivity contribution in [2.24, 2.45) is 5.10 Å². The minimum Gasteiger partial charge on any atom is -0.322 e. The van der Waals surface area contributed by atoms with E-state index in [0.29, 0.717) is 16.9 Å². The molecule has 1 aromatic heterocycles. The molecule has 3 N–H and O–H groups in total. The van der Waals surface area contributed by atoms with Gasteiger partial charge in [0, 0.05) is 23.0 Å². The number of benzene rings is 4. The number of hydrogen-bond donors (Lipinski definition) is 3. The highest BCUT2D eigenvalue weighted by atomic mass is 16.2. The molecule has 0 radical (unpaired) electrons. The third-order valence-corrected chi connectivity index (χ3v) is 6.12. The Labute approximate surface area is 236 Å². The molecule has 0 bridgehead atoms. The maximum atomic E-state index is 12.8. The summed E-state index contributed by atoms with van der Waals surface area (Å²) in [6.45, 7) is 2.00. The van der Waals surface area contributed by atoms with E-state index in [2.05, 4.69) is 21.2 Å². The predicted molar refractivity (Wildman–Crippen MR) is 159 cm³/mol. The highest BCUT2D eigenvalue weighted by molar-refractivity contribution is 6.40. The Morgan fingerprint density at radius 1 is 0.756 bits per heavy atom. The van der Waals surface area contributed by atoms with E-state index in [4.69, 9.17) is 5.10 Å². The van der Waals surface area contributed by atoms with Crippen molar-refractivity contribution in [3.05, 3.63) is 132 Å². The molecule has 0 spiro atoms. The Bertz CT molecular complexity index is 1710. The van der Waals surface area contributed by atoms with Crippen LogP contribution in [0.2, 0.25) is 0 Å². The molecule has 0 fully saturated rings. The molecule has 0 saturated heterocycles. The van der Waals surface area contributed by atoms with Crippen molar-refractivity contribution < 1.29 is 14.4 Å². The van der Waals surface area contributed by atoms with E-state index in [1.54, 1.807) is 59.4 Å². The Morgan fingerprint density at radius 3 is 2.15 bits per heavy atom. The molecular weight excluding hydrogens is 516 g/mol. The number of hydrazone groups is 1. The van der Waals surface area contributed by atoms with Crippen molar-refractivity contribution in [1.29, 1.82) is 0 Å². The molecule has 4 aromatic carbocycles. The molecule has 9 nitrogen and oxygen atoms in total. The van der Waals surface area contributed by atoms with E-state index in [0.717, 1.165) is 16.8 Å². The number of amides is 3. The van der Waals surface area contributed by atoms with Gasteiger partial charge in [0.1, 0.15) is 5.69 Å². The van der Waals surface area contributed by atoms with Crippen LogP contribution in [0, 0.1) is 6.92 Å². The Hall–Kier alpha value is -5.83. The summed E-state index contributed by atoms with van der Waals surface area (Å²) in [6, 6.07) is 32.9. The minimum atomic E-state index is -0.994. The van der Waals surface area contributed by atoms with Crippen LogP contribution in [0.1, 0.15) is 21.5 Å². The lowest BCUT2D eigenvalue weighted by Crippen LogP contribution is -2.33.